The van der Waals surface area contributed by atoms with Gasteiger partial charge in [-0.2, -0.15) is 9.65 Å². The SMILES string of the molecule is N#CCC#Cc1cc([N+](=O)[O-])c(F)cc1F. The summed E-state index contributed by atoms with van der Waals surface area (Å²) in [6, 6.07) is 2.80. The Hall–Kier alpha value is -2.47. The Balaban J connectivity index is 3.22. The number of halogens is 2. The van der Waals surface area contributed by atoms with E-state index in [-0.39, 0.29) is 12.0 Å². The first-order valence-electron chi connectivity index (χ1n) is 4.05. The van der Waals surface area contributed by atoms with Gasteiger partial charge in [-0.1, -0.05) is 11.8 Å². The van der Waals surface area contributed by atoms with Gasteiger partial charge in [0.25, 0.3) is 0 Å². The van der Waals surface area contributed by atoms with E-state index in [1.165, 1.54) is 0 Å². The minimum Gasteiger partial charge on any atom is -0.258 e. The number of hydrogen-bond donors (Lipinski definition) is 0. The zero-order chi connectivity index (χ0) is 12.1. The molecule has 0 atom stereocenters. The monoisotopic (exact) mass is 222 g/mol. The summed E-state index contributed by atoms with van der Waals surface area (Å²) >= 11 is 0. The lowest BCUT2D eigenvalue weighted by molar-refractivity contribution is -0.387. The largest absolute Gasteiger partial charge is 0.306 e. The highest BCUT2D eigenvalue weighted by Gasteiger charge is 2.17. The van der Waals surface area contributed by atoms with Crippen LogP contribution in [0.15, 0.2) is 12.1 Å². The molecule has 0 aliphatic carbocycles. The van der Waals surface area contributed by atoms with Gasteiger partial charge in [-0.25, -0.2) is 4.39 Å². The molecule has 0 amide bonds. The van der Waals surface area contributed by atoms with Crippen LogP contribution < -0.4 is 0 Å². The maximum atomic E-state index is 13.1. The fourth-order valence-corrected chi connectivity index (χ4v) is 0.952. The summed E-state index contributed by atoms with van der Waals surface area (Å²) in [7, 11) is 0. The molecule has 0 spiro atoms. The van der Waals surface area contributed by atoms with Crippen LogP contribution in [0.5, 0.6) is 0 Å². The molecule has 0 aliphatic heterocycles. The van der Waals surface area contributed by atoms with E-state index >= 15 is 0 Å². The second kappa shape index (κ2) is 4.85. The Morgan fingerprint density at radius 2 is 2.06 bits per heavy atom. The van der Waals surface area contributed by atoms with E-state index in [9.17, 15) is 18.9 Å². The van der Waals surface area contributed by atoms with E-state index in [1.807, 2.05) is 0 Å². The zero-order valence-corrected chi connectivity index (χ0v) is 7.83. The third kappa shape index (κ3) is 2.52. The maximum absolute atomic E-state index is 13.1. The van der Waals surface area contributed by atoms with Crippen molar-refractivity contribution in [1.82, 2.24) is 0 Å². The molecule has 0 N–H and O–H groups in total. The topological polar surface area (TPSA) is 66.9 Å². The van der Waals surface area contributed by atoms with Crippen LogP contribution in [-0.4, -0.2) is 4.92 Å². The molecule has 1 aromatic rings. The number of rotatable bonds is 1. The second-order valence-corrected chi connectivity index (χ2v) is 2.68. The molecule has 0 saturated carbocycles. The maximum Gasteiger partial charge on any atom is 0.306 e. The molecule has 0 saturated heterocycles. The second-order valence-electron chi connectivity index (χ2n) is 2.68. The molecular formula is C10H4F2N2O2. The molecule has 6 heteroatoms. The third-order valence-corrected chi connectivity index (χ3v) is 1.62. The van der Waals surface area contributed by atoms with Crippen LogP contribution in [0.4, 0.5) is 14.5 Å². The number of nitriles is 1. The van der Waals surface area contributed by atoms with Gasteiger partial charge in [0.2, 0.25) is 5.82 Å². The summed E-state index contributed by atoms with van der Waals surface area (Å²) in [5.74, 6) is 2.25. The van der Waals surface area contributed by atoms with Gasteiger partial charge < -0.3 is 0 Å². The average Bonchev–Trinajstić information content (AvgIpc) is 2.21. The Morgan fingerprint density at radius 3 is 2.62 bits per heavy atom. The van der Waals surface area contributed by atoms with Crippen LogP contribution in [-0.2, 0) is 0 Å². The lowest BCUT2D eigenvalue weighted by Crippen LogP contribution is -1.96. The number of nitrogens with zero attached hydrogens (tertiary/aromatic N) is 2. The number of hydrogen-bond acceptors (Lipinski definition) is 3. The predicted octanol–water partition coefficient (Wildman–Crippen LogP) is 2.14. The van der Waals surface area contributed by atoms with Crippen LogP contribution in [0, 0.1) is 44.9 Å². The molecule has 0 bridgehead atoms. The Labute approximate surface area is 89.3 Å². The van der Waals surface area contributed by atoms with E-state index in [4.69, 9.17) is 5.26 Å². The fourth-order valence-electron chi connectivity index (χ4n) is 0.952. The summed E-state index contributed by atoms with van der Waals surface area (Å²) in [5, 5.41) is 18.5. The Kier molecular flexibility index (Phi) is 3.52. The van der Waals surface area contributed by atoms with Crippen LogP contribution >= 0.6 is 0 Å². The number of benzene rings is 1. The van der Waals surface area contributed by atoms with Gasteiger partial charge in [0.05, 0.1) is 23.0 Å². The number of nitro groups is 1. The van der Waals surface area contributed by atoms with Crippen LogP contribution in [0.2, 0.25) is 0 Å². The third-order valence-electron chi connectivity index (χ3n) is 1.62. The Morgan fingerprint density at radius 1 is 1.38 bits per heavy atom. The van der Waals surface area contributed by atoms with Crippen molar-refractivity contribution in [1.29, 1.82) is 5.26 Å². The van der Waals surface area contributed by atoms with Gasteiger partial charge in [0, 0.05) is 12.1 Å². The first-order valence-corrected chi connectivity index (χ1v) is 4.05. The van der Waals surface area contributed by atoms with Gasteiger partial charge >= 0.3 is 5.69 Å². The van der Waals surface area contributed by atoms with E-state index in [1.54, 1.807) is 6.07 Å². The van der Waals surface area contributed by atoms with Gasteiger partial charge in [-0.3, -0.25) is 10.1 Å². The molecule has 1 aromatic carbocycles. The highest BCUT2D eigenvalue weighted by molar-refractivity contribution is 5.45. The molecule has 0 fully saturated rings. The lowest BCUT2D eigenvalue weighted by Gasteiger charge is -1.96. The summed E-state index contributed by atoms with van der Waals surface area (Å²) < 4.78 is 26.0. The summed E-state index contributed by atoms with van der Waals surface area (Å²) in [6.45, 7) is 0. The van der Waals surface area contributed by atoms with Gasteiger partial charge in [0.1, 0.15) is 5.82 Å². The van der Waals surface area contributed by atoms with Crippen molar-refractivity contribution in [3.8, 4) is 17.9 Å². The van der Waals surface area contributed by atoms with Crippen LogP contribution in [0.3, 0.4) is 0 Å². The van der Waals surface area contributed by atoms with Crippen molar-refractivity contribution < 1.29 is 13.7 Å². The van der Waals surface area contributed by atoms with Gasteiger partial charge in [0.15, 0.2) is 0 Å². The van der Waals surface area contributed by atoms with Crippen molar-refractivity contribution in [3.63, 3.8) is 0 Å². The fraction of sp³-hybridized carbons (Fsp3) is 0.100. The highest BCUT2D eigenvalue weighted by atomic mass is 19.1. The normalized spacial score (nSPS) is 8.81. The van der Waals surface area contributed by atoms with Gasteiger partial charge in [-0.05, 0) is 0 Å². The Bertz CT molecular complexity index is 538. The van der Waals surface area contributed by atoms with Crippen LogP contribution in [0.1, 0.15) is 12.0 Å². The van der Waals surface area contributed by atoms with E-state index in [0.717, 1.165) is 0 Å². The summed E-state index contributed by atoms with van der Waals surface area (Å²) in [5.41, 5.74) is -1.15. The van der Waals surface area contributed by atoms with Crippen molar-refractivity contribution in [2.45, 2.75) is 6.42 Å². The van der Waals surface area contributed by atoms with Crippen LogP contribution in [0.25, 0.3) is 0 Å². The minimum absolute atomic E-state index is 0.134. The molecule has 80 valence electrons. The molecule has 0 aromatic heterocycles. The molecule has 1 rings (SSSR count). The van der Waals surface area contributed by atoms with E-state index in [0.29, 0.717) is 12.1 Å². The smallest absolute Gasteiger partial charge is 0.258 e. The summed E-state index contributed by atoms with van der Waals surface area (Å²) in [6.07, 6.45) is -0.134. The molecule has 0 unspecified atom stereocenters. The lowest BCUT2D eigenvalue weighted by atomic mass is 10.2. The average molecular weight is 222 g/mol. The molecule has 0 aliphatic rings. The highest BCUT2D eigenvalue weighted by Crippen LogP contribution is 2.20. The molecule has 0 radical (unpaired) electrons. The molecular weight excluding hydrogens is 218 g/mol. The number of nitro benzene ring substituents is 1. The predicted molar refractivity (Wildman–Crippen MR) is 50.1 cm³/mol. The quantitative estimate of drug-likeness (QED) is 0.415. The zero-order valence-electron chi connectivity index (χ0n) is 7.83. The standard InChI is InChI=1S/C10H4F2N2O2/c11-8-6-9(12)10(14(15)16)5-7(8)3-1-2-4-13/h5-6H,2H2. The first kappa shape index (κ1) is 11.6. The molecule has 16 heavy (non-hydrogen) atoms. The first-order chi connectivity index (χ1) is 7.56. The van der Waals surface area contributed by atoms with Crippen molar-refractivity contribution >= 4 is 5.69 Å². The van der Waals surface area contributed by atoms with Crippen molar-refractivity contribution in [2.24, 2.45) is 0 Å². The van der Waals surface area contributed by atoms with E-state index in [2.05, 4.69) is 11.8 Å². The van der Waals surface area contributed by atoms with Gasteiger partial charge in [-0.15, -0.1) is 0 Å². The van der Waals surface area contributed by atoms with Crippen molar-refractivity contribution in [2.75, 3.05) is 0 Å². The minimum atomic E-state index is -1.26. The van der Waals surface area contributed by atoms with Crippen molar-refractivity contribution in [3.05, 3.63) is 39.4 Å². The molecule has 0 heterocycles. The van der Waals surface area contributed by atoms with E-state index < -0.39 is 22.2 Å². The molecule has 4 nitrogen and oxygen atoms in total. The summed E-state index contributed by atoms with van der Waals surface area (Å²) in [4.78, 5) is 9.39.